The molecule has 0 fully saturated rings. The van der Waals surface area contributed by atoms with Gasteiger partial charge < -0.3 is 5.32 Å². The van der Waals surface area contributed by atoms with Gasteiger partial charge in [0.15, 0.2) is 0 Å². The minimum absolute atomic E-state index is 0.712. The average Bonchev–Trinajstić information content (AvgIpc) is 2.64. The number of aryl methyl sites for hydroxylation is 1. The van der Waals surface area contributed by atoms with Crippen molar-refractivity contribution < 1.29 is 0 Å². The zero-order valence-electron chi connectivity index (χ0n) is 8.94. The monoisotopic (exact) mass is 202 g/mol. The van der Waals surface area contributed by atoms with E-state index in [1.165, 1.54) is 5.56 Å². The van der Waals surface area contributed by atoms with Crippen LogP contribution in [0.4, 0.5) is 5.69 Å². The zero-order valence-corrected chi connectivity index (χ0v) is 8.94. The molecule has 0 radical (unpaired) electrons. The highest BCUT2D eigenvalue weighted by atomic mass is 15.3. The third-order valence-corrected chi connectivity index (χ3v) is 2.19. The summed E-state index contributed by atoms with van der Waals surface area (Å²) in [7, 11) is 1.90. The summed E-state index contributed by atoms with van der Waals surface area (Å²) in [4.78, 5) is 4.29. The van der Waals surface area contributed by atoms with Gasteiger partial charge in [0.25, 0.3) is 0 Å². The Kier molecular flexibility index (Phi) is 2.67. The van der Waals surface area contributed by atoms with Crippen LogP contribution in [0.15, 0.2) is 30.7 Å². The Labute approximate surface area is 89.0 Å². The molecule has 1 N–H and O–H groups in total. The fourth-order valence-corrected chi connectivity index (χ4v) is 1.44. The Hall–Kier alpha value is -1.84. The first-order valence-corrected chi connectivity index (χ1v) is 4.89. The molecule has 0 aromatic carbocycles. The standard InChI is InChI=1S/C11H14N4/c1-9-6-14-15(7-9)8-11-5-10(12-2)3-4-13-11/h3-7H,8H2,1-2H3,(H,12,13). The Bertz CT molecular complexity index is 447. The third-order valence-electron chi connectivity index (χ3n) is 2.19. The highest BCUT2D eigenvalue weighted by molar-refractivity contribution is 5.42. The van der Waals surface area contributed by atoms with E-state index in [1.54, 1.807) is 6.20 Å². The van der Waals surface area contributed by atoms with E-state index in [-0.39, 0.29) is 0 Å². The van der Waals surface area contributed by atoms with Crippen molar-refractivity contribution in [1.82, 2.24) is 14.8 Å². The van der Waals surface area contributed by atoms with Gasteiger partial charge in [0.05, 0.1) is 18.4 Å². The Morgan fingerprint density at radius 3 is 3.00 bits per heavy atom. The number of hydrogen-bond donors (Lipinski definition) is 1. The Balaban J connectivity index is 2.16. The van der Waals surface area contributed by atoms with Crippen LogP contribution in [0.25, 0.3) is 0 Å². The van der Waals surface area contributed by atoms with Crippen molar-refractivity contribution in [2.45, 2.75) is 13.5 Å². The van der Waals surface area contributed by atoms with Crippen LogP contribution in [0, 0.1) is 6.92 Å². The molecule has 0 aliphatic carbocycles. The van der Waals surface area contributed by atoms with Crippen molar-refractivity contribution in [2.24, 2.45) is 0 Å². The molecule has 2 aromatic heterocycles. The minimum Gasteiger partial charge on any atom is -0.388 e. The quantitative estimate of drug-likeness (QED) is 0.823. The van der Waals surface area contributed by atoms with Gasteiger partial charge in [0.2, 0.25) is 0 Å². The summed E-state index contributed by atoms with van der Waals surface area (Å²) in [5.41, 5.74) is 3.24. The van der Waals surface area contributed by atoms with E-state index >= 15 is 0 Å². The highest BCUT2D eigenvalue weighted by Gasteiger charge is 1.98. The number of nitrogens with zero attached hydrogens (tertiary/aromatic N) is 3. The second-order valence-corrected chi connectivity index (χ2v) is 3.50. The first-order valence-electron chi connectivity index (χ1n) is 4.89. The molecular formula is C11H14N4. The third kappa shape index (κ3) is 2.34. The molecule has 4 nitrogen and oxygen atoms in total. The summed E-state index contributed by atoms with van der Waals surface area (Å²) in [6, 6.07) is 3.97. The predicted molar refractivity (Wildman–Crippen MR) is 59.8 cm³/mol. The number of nitrogens with one attached hydrogen (secondary N) is 1. The van der Waals surface area contributed by atoms with E-state index in [0.717, 1.165) is 11.4 Å². The lowest BCUT2D eigenvalue weighted by atomic mass is 10.3. The van der Waals surface area contributed by atoms with Gasteiger partial charge in [-0.15, -0.1) is 0 Å². The van der Waals surface area contributed by atoms with Gasteiger partial charge in [-0.1, -0.05) is 0 Å². The smallest absolute Gasteiger partial charge is 0.0832 e. The summed E-state index contributed by atoms with van der Waals surface area (Å²) in [5.74, 6) is 0. The van der Waals surface area contributed by atoms with Crippen LogP contribution in [-0.4, -0.2) is 21.8 Å². The molecule has 0 spiro atoms. The van der Waals surface area contributed by atoms with E-state index in [0.29, 0.717) is 6.54 Å². The molecule has 0 aliphatic rings. The van der Waals surface area contributed by atoms with Crippen molar-refractivity contribution in [3.8, 4) is 0 Å². The van der Waals surface area contributed by atoms with Crippen LogP contribution in [0.1, 0.15) is 11.3 Å². The van der Waals surface area contributed by atoms with Gasteiger partial charge >= 0.3 is 0 Å². The Morgan fingerprint density at radius 2 is 2.33 bits per heavy atom. The van der Waals surface area contributed by atoms with E-state index < -0.39 is 0 Å². The molecule has 0 bridgehead atoms. The van der Waals surface area contributed by atoms with Crippen LogP contribution in [0.5, 0.6) is 0 Å². The second-order valence-electron chi connectivity index (χ2n) is 3.50. The van der Waals surface area contributed by atoms with Crippen LogP contribution < -0.4 is 5.32 Å². The fourth-order valence-electron chi connectivity index (χ4n) is 1.44. The van der Waals surface area contributed by atoms with Crippen molar-refractivity contribution in [3.05, 3.63) is 42.0 Å². The molecule has 2 heterocycles. The lowest BCUT2D eigenvalue weighted by molar-refractivity contribution is 0.672. The normalized spacial score (nSPS) is 10.3. The van der Waals surface area contributed by atoms with Gasteiger partial charge in [0, 0.05) is 25.1 Å². The topological polar surface area (TPSA) is 42.7 Å². The first kappa shape index (κ1) is 9.71. The molecule has 78 valence electrons. The average molecular weight is 202 g/mol. The molecule has 0 unspecified atom stereocenters. The molecule has 0 amide bonds. The summed E-state index contributed by atoms with van der Waals surface area (Å²) < 4.78 is 1.89. The minimum atomic E-state index is 0.712. The van der Waals surface area contributed by atoms with Crippen LogP contribution in [0.3, 0.4) is 0 Å². The fraction of sp³-hybridized carbons (Fsp3) is 0.273. The second kappa shape index (κ2) is 4.13. The zero-order chi connectivity index (χ0) is 10.7. The van der Waals surface area contributed by atoms with E-state index in [1.807, 2.05) is 43.2 Å². The lowest BCUT2D eigenvalue weighted by Gasteiger charge is -2.03. The van der Waals surface area contributed by atoms with Gasteiger partial charge in [-0.25, -0.2) is 0 Å². The summed E-state index contributed by atoms with van der Waals surface area (Å²) in [5, 5.41) is 7.31. The molecule has 2 rings (SSSR count). The van der Waals surface area contributed by atoms with E-state index in [9.17, 15) is 0 Å². The van der Waals surface area contributed by atoms with E-state index in [4.69, 9.17) is 0 Å². The highest BCUT2D eigenvalue weighted by Crippen LogP contribution is 2.08. The maximum atomic E-state index is 4.29. The van der Waals surface area contributed by atoms with Gasteiger partial charge in [0.1, 0.15) is 0 Å². The summed E-state index contributed by atoms with van der Waals surface area (Å²) in [6.45, 7) is 2.74. The van der Waals surface area contributed by atoms with Crippen molar-refractivity contribution in [1.29, 1.82) is 0 Å². The number of aromatic nitrogens is 3. The first-order chi connectivity index (χ1) is 7.28. The Morgan fingerprint density at radius 1 is 1.47 bits per heavy atom. The van der Waals surface area contributed by atoms with Crippen LogP contribution in [-0.2, 0) is 6.54 Å². The molecule has 0 saturated heterocycles. The summed E-state index contributed by atoms with van der Waals surface area (Å²) in [6.07, 6.45) is 5.66. The molecule has 0 saturated carbocycles. The maximum absolute atomic E-state index is 4.29. The number of anilines is 1. The molecular weight excluding hydrogens is 188 g/mol. The van der Waals surface area contributed by atoms with Crippen LogP contribution in [0.2, 0.25) is 0 Å². The van der Waals surface area contributed by atoms with Gasteiger partial charge in [-0.05, 0) is 24.6 Å². The SMILES string of the molecule is CNc1ccnc(Cn2cc(C)cn2)c1. The van der Waals surface area contributed by atoms with Crippen LogP contribution >= 0.6 is 0 Å². The molecule has 0 atom stereocenters. The molecule has 15 heavy (non-hydrogen) atoms. The molecule has 4 heteroatoms. The molecule has 2 aromatic rings. The van der Waals surface area contributed by atoms with Gasteiger partial charge in [-0.3, -0.25) is 9.67 Å². The number of pyridine rings is 1. The van der Waals surface area contributed by atoms with Crippen molar-refractivity contribution in [3.63, 3.8) is 0 Å². The maximum Gasteiger partial charge on any atom is 0.0832 e. The van der Waals surface area contributed by atoms with Gasteiger partial charge in [-0.2, -0.15) is 5.10 Å². The van der Waals surface area contributed by atoms with Crippen molar-refractivity contribution >= 4 is 5.69 Å². The van der Waals surface area contributed by atoms with Crippen molar-refractivity contribution in [2.75, 3.05) is 12.4 Å². The molecule has 0 aliphatic heterocycles. The number of rotatable bonds is 3. The lowest BCUT2D eigenvalue weighted by Crippen LogP contribution is -2.02. The van der Waals surface area contributed by atoms with E-state index in [2.05, 4.69) is 15.4 Å². The largest absolute Gasteiger partial charge is 0.388 e. The predicted octanol–water partition coefficient (Wildman–Crippen LogP) is 1.68. The number of hydrogen-bond acceptors (Lipinski definition) is 3. The summed E-state index contributed by atoms with van der Waals surface area (Å²) >= 11 is 0.